The molecule has 2 fully saturated rings. The summed E-state index contributed by atoms with van der Waals surface area (Å²) in [6, 6.07) is 6.32. The number of nitrogens with zero attached hydrogens (tertiary/aromatic N) is 1. The predicted octanol–water partition coefficient (Wildman–Crippen LogP) is 2.87. The fourth-order valence-electron chi connectivity index (χ4n) is 3.31. The second-order valence-electron chi connectivity index (χ2n) is 6.56. The Hall–Kier alpha value is -2.18. The molecule has 1 saturated carbocycles. The van der Waals surface area contributed by atoms with E-state index in [1.165, 1.54) is 6.07 Å². The number of carbonyl (C=O) groups is 2. The number of nitrogens with one attached hydrogen (secondary N) is 1. The van der Waals surface area contributed by atoms with Gasteiger partial charge < -0.3 is 15.0 Å². The molecule has 0 radical (unpaired) electrons. The van der Waals surface area contributed by atoms with Gasteiger partial charge in [-0.2, -0.15) is 8.78 Å². The van der Waals surface area contributed by atoms with E-state index in [0.29, 0.717) is 24.6 Å². The molecule has 0 unspecified atom stereocenters. The third-order valence-corrected chi connectivity index (χ3v) is 4.75. The van der Waals surface area contributed by atoms with Crippen LogP contribution < -0.4 is 10.1 Å². The molecular weight excluding hydrogens is 330 g/mol. The first-order valence-electron chi connectivity index (χ1n) is 8.63. The first-order valence-corrected chi connectivity index (χ1v) is 8.63. The normalized spacial score (nSPS) is 21.5. The van der Waals surface area contributed by atoms with Gasteiger partial charge in [-0.1, -0.05) is 25.1 Å². The van der Waals surface area contributed by atoms with Gasteiger partial charge in [0.2, 0.25) is 11.8 Å². The molecule has 1 aliphatic heterocycles. The fraction of sp³-hybridized carbons (Fsp3) is 0.556. The van der Waals surface area contributed by atoms with E-state index in [2.05, 4.69) is 10.1 Å². The quantitative estimate of drug-likeness (QED) is 0.821. The van der Waals surface area contributed by atoms with E-state index >= 15 is 0 Å². The van der Waals surface area contributed by atoms with Crippen molar-refractivity contribution in [2.75, 3.05) is 6.54 Å². The number of benzene rings is 1. The molecule has 3 rings (SSSR count). The molecule has 1 N–H and O–H groups in total. The van der Waals surface area contributed by atoms with Crippen LogP contribution in [0.5, 0.6) is 5.75 Å². The second kappa shape index (κ2) is 7.37. The van der Waals surface area contributed by atoms with Crippen LogP contribution in [0.4, 0.5) is 8.78 Å². The Balaban J connectivity index is 1.68. The average Bonchev–Trinajstić information content (AvgIpc) is 3.34. The standard InChI is InChI=1S/C18H22F2N2O3/c1-2-14(13-5-3-4-6-15(13)25-18(19)20)21-17(24)11-9-16(23)22(10-11)12-7-8-12/h3-6,11-12,14,18H,2,7-10H2,1H3,(H,21,24)/t11-,14-/m1/s1. The first kappa shape index (κ1) is 17.6. The molecular formula is C18H22F2N2O3. The zero-order valence-corrected chi connectivity index (χ0v) is 14.1. The van der Waals surface area contributed by atoms with Crippen LogP contribution in [0.3, 0.4) is 0 Å². The minimum atomic E-state index is -2.92. The molecule has 0 spiro atoms. The van der Waals surface area contributed by atoms with Crippen LogP contribution in [0.15, 0.2) is 24.3 Å². The Labute approximate surface area is 145 Å². The molecule has 2 atom stereocenters. The molecule has 1 aromatic carbocycles. The molecule has 2 amide bonds. The Morgan fingerprint density at radius 1 is 1.36 bits per heavy atom. The van der Waals surface area contributed by atoms with Gasteiger partial charge in [-0.25, -0.2) is 0 Å². The first-order chi connectivity index (χ1) is 12.0. The zero-order valence-electron chi connectivity index (χ0n) is 14.1. The van der Waals surface area contributed by atoms with Gasteiger partial charge >= 0.3 is 6.61 Å². The van der Waals surface area contributed by atoms with Gasteiger partial charge in [0.1, 0.15) is 5.75 Å². The molecule has 2 aliphatic rings. The molecule has 1 heterocycles. The van der Waals surface area contributed by atoms with Crippen molar-refractivity contribution in [2.24, 2.45) is 5.92 Å². The number of halogens is 2. The average molecular weight is 352 g/mol. The third-order valence-electron chi connectivity index (χ3n) is 4.75. The Morgan fingerprint density at radius 2 is 2.08 bits per heavy atom. The number of rotatable bonds is 7. The van der Waals surface area contributed by atoms with E-state index in [1.807, 2.05) is 6.92 Å². The highest BCUT2D eigenvalue weighted by Crippen LogP contribution is 2.33. The van der Waals surface area contributed by atoms with Gasteiger partial charge in [-0.3, -0.25) is 9.59 Å². The lowest BCUT2D eigenvalue weighted by Crippen LogP contribution is -2.36. The van der Waals surface area contributed by atoms with E-state index in [4.69, 9.17) is 0 Å². The van der Waals surface area contributed by atoms with Crippen LogP contribution >= 0.6 is 0 Å². The van der Waals surface area contributed by atoms with Crippen LogP contribution in [0.2, 0.25) is 0 Å². The summed E-state index contributed by atoms with van der Waals surface area (Å²) in [6.45, 7) is -0.615. The summed E-state index contributed by atoms with van der Waals surface area (Å²) in [4.78, 5) is 26.4. The lowest BCUT2D eigenvalue weighted by molar-refractivity contribution is -0.129. The Bertz CT molecular complexity index is 649. The highest BCUT2D eigenvalue weighted by molar-refractivity contribution is 5.89. The number of carbonyl (C=O) groups excluding carboxylic acids is 2. The summed E-state index contributed by atoms with van der Waals surface area (Å²) in [5, 5.41) is 2.90. The van der Waals surface area contributed by atoms with E-state index in [-0.39, 0.29) is 29.9 Å². The highest BCUT2D eigenvalue weighted by atomic mass is 19.3. The Morgan fingerprint density at radius 3 is 2.72 bits per heavy atom. The molecule has 136 valence electrons. The summed E-state index contributed by atoms with van der Waals surface area (Å²) in [5.74, 6) is -0.510. The van der Waals surface area contributed by atoms with Crippen molar-refractivity contribution in [3.05, 3.63) is 29.8 Å². The van der Waals surface area contributed by atoms with Crippen molar-refractivity contribution in [3.63, 3.8) is 0 Å². The number of hydrogen-bond acceptors (Lipinski definition) is 3. The molecule has 0 bridgehead atoms. The van der Waals surface area contributed by atoms with Crippen LogP contribution in [-0.4, -0.2) is 35.9 Å². The van der Waals surface area contributed by atoms with Gasteiger partial charge in [-0.15, -0.1) is 0 Å². The number of ether oxygens (including phenoxy) is 1. The van der Waals surface area contributed by atoms with Gasteiger partial charge in [0.25, 0.3) is 0 Å². The van der Waals surface area contributed by atoms with Crippen molar-refractivity contribution in [3.8, 4) is 5.75 Å². The molecule has 1 aromatic rings. The number of likely N-dealkylation sites (tertiary alicyclic amines) is 1. The fourth-order valence-corrected chi connectivity index (χ4v) is 3.31. The van der Waals surface area contributed by atoms with Crippen molar-refractivity contribution < 1.29 is 23.1 Å². The number of hydrogen-bond donors (Lipinski definition) is 1. The zero-order chi connectivity index (χ0) is 18.0. The van der Waals surface area contributed by atoms with Crippen LogP contribution in [0.25, 0.3) is 0 Å². The molecule has 5 nitrogen and oxygen atoms in total. The summed E-state index contributed by atoms with van der Waals surface area (Å²) in [5.41, 5.74) is 0.516. The molecule has 1 aliphatic carbocycles. The maximum Gasteiger partial charge on any atom is 0.387 e. The summed E-state index contributed by atoms with van der Waals surface area (Å²) in [6.07, 6.45) is 2.77. The molecule has 7 heteroatoms. The number of para-hydroxylation sites is 1. The summed E-state index contributed by atoms with van der Waals surface area (Å²) < 4.78 is 29.7. The molecule has 1 saturated heterocycles. The van der Waals surface area contributed by atoms with Crippen LogP contribution in [0, 0.1) is 5.92 Å². The minimum Gasteiger partial charge on any atom is -0.434 e. The molecule has 0 aromatic heterocycles. The predicted molar refractivity (Wildman–Crippen MR) is 87.1 cm³/mol. The van der Waals surface area contributed by atoms with Crippen LogP contribution in [0.1, 0.15) is 44.2 Å². The minimum absolute atomic E-state index is 0.0251. The topological polar surface area (TPSA) is 58.6 Å². The van der Waals surface area contributed by atoms with Gasteiger partial charge in [0, 0.05) is 24.6 Å². The molecule has 25 heavy (non-hydrogen) atoms. The SMILES string of the molecule is CC[C@@H](NC(=O)[C@@H]1CC(=O)N(C2CC2)C1)c1ccccc1OC(F)F. The van der Waals surface area contributed by atoms with Crippen molar-refractivity contribution >= 4 is 11.8 Å². The second-order valence-corrected chi connectivity index (χ2v) is 6.56. The van der Waals surface area contributed by atoms with E-state index in [9.17, 15) is 18.4 Å². The largest absolute Gasteiger partial charge is 0.434 e. The Kier molecular flexibility index (Phi) is 5.20. The lowest BCUT2D eigenvalue weighted by Gasteiger charge is -2.22. The maximum atomic E-state index is 12.6. The summed E-state index contributed by atoms with van der Waals surface area (Å²) >= 11 is 0. The third kappa shape index (κ3) is 4.08. The lowest BCUT2D eigenvalue weighted by atomic mass is 10.0. The number of alkyl halides is 2. The van der Waals surface area contributed by atoms with Gasteiger partial charge in [-0.05, 0) is 25.3 Å². The summed E-state index contributed by atoms with van der Waals surface area (Å²) in [7, 11) is 0. The van der Waals surface area contributed by atoms with Crippen molar-refractivity contribution in [2.45, 2.75) is 51.3 Å². The van der Waals surface area contributed by atoms with Crippen molar-refractivity contribution in [1.82, 2.24) is 10.2 Å². The number of amides is 2. The monoisotopic (exact) mass is 352 g/mol. The maximum absolute atomic E-state index is 12.6. The van der Waals surface area contributed by atoms with Crippen LogP contribution in [-0.2, 0) is 9.59 Å². The van der Waals surface area contributed by atoms with E-state index in [0.717, 1.165) is 12.8 Å². The smallest absolute Gasteiger partial charge is 0.387 e. The van der Waals surface area contributed by atoms with Crippen molar-refractivity contribution in [1.29, 1.82) is 0 Å². The highest BCUT2D eigenvalue weighted by Gasteiger charge is 2.42. The van der Waals surface area contributed by atoms with Gasteiger partial charge in [0.05, 0.1) is 12.0 Å². The van der Waals surface area contributed by atoms with E-state index in [1.54, 1.807) is 23.1 Å². The van der Waals surface area contributed by atoms with E-state index < -0.39 is 12.7 Å². The van der Waals surface area contributed by atoms with Gasteiger partial charge in [0.15, 0.2) is 0 Å².